The van der Waals surface area contributed by atoms with Crippen LogP contribution in [0.25, 0.3) is 0 Å². The van der Waals surface area contributed by atoms with Crippen molar-refractivity contribution in [3.63, 3.8) is 0 Å². The average Bonchev–Trinajstić information content (AvgIpc) is 2.34. The Bertz CT molecular complexity index is 233. The topological polar surface area (TPSA) is 168 Å². The predicted molar refractivity (Wildman–Crippen MR) is 50.3 cm³/mol. The highest BCUT2D eigenvalue weighted by atomic mass is 16.7. The Morgan fingerprint density at radius 1 is 0.941 bits per heavy atom. The van der Waals surface area contributed by atoms with Gasteiger partial charge in [0.2, 0.25) is 6.29 Å². The van der Waals surface area contributed by atoms with Crippen molar-refractivity contribution < 1.29 is 45.3 Å². The minimum atomic E-state index is -2.19. The molecule has 102 valence electrons. The van der Waals surface area contributed by atoms with Crippen LogP contribution in [0.2, 0.25) is 0 Å². The molecule has 0 aromatic rings. The van der Waals surface area contributed by atoms with E-state index in [2.05, 4.69) is 4.74 Å². The van der Waals surface area contributed by atoms with Crippen molar-refractivity contribution >= 4 is 5.97 Å². The summed E-state index contributed by atoms with van der Waals surface area (Å²) in [6.45, 7) is -1.92. The number of hydrogen-bond donors (Lipinski definition) is 7. The fourth-order valence-electron chi connectivity index (χ4n) is 0.948. The normalized spacial score (nSPS) is 20.2. The zero-order valence-corrected chi connectivity index (χ0v) is 8.75. The molecular formula is C8H16O9. The van der Waals surface area contributed by atoms with Crippen LogP contribution in [0.5, 0.6) is 0 Å². The summed E-state index contributed by atoms with van der Waals surface area (Å²) in [5.74, 6) is -1.25. The molecule has 9 heteroatoms. The second-order valence-corrected chi connectivity index (χ2v) is 3.26. The third-order valence-electron chi connectivity index (χ3n) is 1.95. The van der Waals surface area contributed by atoms with Crippen LogP contribution >= 0.6 is 0 Å². The van der Waals surface area contributed by atoms with Crippen molar-refractivity contribution in [2.45, 2.75) is 30.7 Å². The van der Waals surface area contributed by atoms with E-state index in [-0.39, 0.29) is 0 Å². The highest BCUT2D eigenvalue weighted by Crippen LogP contribution is 2.09. The van der Waals surface area contributed by atoms with Gasteiger partial charge in [0.05, 0.1) is 6.61 Å². The third-order valence-corrected chi connectivity index (χ3v) is 1.95. The van der Waals surface area contributed by atoms with E-state index in [9.17, 15) is 20.1 Å². The lowest BCUT2D eigenvalue weighted by Gasteiger charge is -2.27. The first kappa shape index (κ1) is 16.2. The maximum Gasteiger partial charge on any atom is 0.334 e. The van der Waals surface area contributed by atoms with Crippen LogP contribution in [0.1, 0.15) is 0 Å². The van der Waals surface area contributed by atoms with E-state index in [4.69, 9.17) is 20.4 Å². The van der Waals surface area contributed by atoms with Gasteiger partial charge in [0, 0.05) is 0 Å². The van der Waals surface area contributed by atoms with Crippen LogP contribution in [0.4, 0.5) is 0 Å². The zero-order valence-electron chi connectivity index (χ0n) is 8.75. The Balaban J connectivity index is 4.37. The van der Waals surface area contributed by atoms with Gasteiger partial charge in [-0.15, -0.1) is 0 Å². The second-order valence-electron chi connectivity index (χ2n) is 3.26. The molecule has 0 bridgehead atoms. The smallest absolute Gasteiger partial charge is 0.334 e. The molecule has 0 heterocycles. The highest BCUT2D eigenvalue weighted by Gasteiger charge is 2.35. The third kappa shape index (κ3) is 4.91. The van der Waals surface area contributed by atoms with Crippen LogP contribution < -0.4 is 0 Å². The average molecular weight is 256 g/mol. The molecule has 1 unspecified atom stereocenters. The van der Waals surface area contributed by atoms with Crippen LogP contribution in [0.15, 0.2) is 0 Å². The maximum atomic E-state index is 10.5. The number of esters is 1. The lowest BCUT2D eigenvalue weighted by Crippen LogP contribution is -2.51. The van der Waals surface area contributed by atoms with E-state index in [1.807, 2.05) is 0 Å². The molecule has 5 atom stereocenters. The molecule has 0 rings (SSSR count). The lowest BCUT2D eigenvalue weighted by atomic mass is 10.0. The number of aliphatic hydroxyl groups excluding tert-OH is 7. The highest BCUT2D eigenvalue weighted by molar-refractivity contribution is 5.70. The zero-order chi connectivity index (χ0) is 13.6. The molecule has 7 N–H and O–H groups in total. The molecule has 0 fully saturated rings. The van der Waals surface area contributed by atoms with Crippen LogP contribution in [-0.4, -0.2) is 85.6 Å². The predicted octanol–water partition coefficient (Wildman–Crippen LogP) is -4.72. The Kier molecular flexibility index (Phi) is 7.15. The number of rotatable bonds is 7. The van der Waals surface area contributed by atoms with Gasteiger partial charge in [0.25, 0.3) is 0 Å². The van der Waals surface area contributed by atoms with Gasteiger partial charge >= 0.3 is 5.97 Å². The standard InChI is InChI=1S/C8H16O9/c9-1-3(11)5(13)6(14)7(15)8(16)17-4(12)2-10/h3,5-11,13-16H,1-2H2/t3-,5-,6+,7+,8?/m1/s1. The Hall–Kier alpha value is -0.810. The summed E-state index contributed by atoms with van der Waals surface area (Å²) in [6, 6.07) is 0. The van der Waals surface area contributed by atoms with Crippen molar-refractivity contribution in [2.24, 2.45) is 0 Å². The van der Waals surface area contributed by atoms with E-state index in [1.165, 1.54) is 0 Å². The number of hydrogen-bond acceptors (Lipinski definition) is 9. The number of ether oxygens (including phenoxy) is 1. The molecule has 0 aliphatic rings. The van der Waals surface area contributed by atoms with Crippen LogP contribution in [-0.2, 0) is 9.53 Å². The summed E-state index contributed by atoms with van der Waals surface area (Å²) in [5.41, 5.74) is 0. The fraction of sp³-hybridized carbons (Fsp3) is 0.875. The quantitative estimate of drug-likeness (QED) is 0.175. The molecule has 0 aromatic heterocycles. The lowest BCUT2D eigenvalue weighted by molar-refractivity contribution is -0.215. The number of aliphatic hydroxyl groups is 7. The van der Waals surface area contributed by atoms with Gasteiger partial charge in [-0.05, 0) is 0 Å². The van der Waals surface area contributed by atoms with Crippen molar-refractivity contribution in [1.29, 1.82) is 0 Å². The molecule has 0 amide bonds. The van der Waals surface area contributed by atoms with Gasteiger partial charge < -0.3 is 40.5 Å². The largest absolute Gasteiger partial charge is 0.431 e. The summed E-state index contributed by atoms with van der Waals surface area (Å²) >= 11 is 0. The van der Waals surface area contributed by atoms with E-state index < -0.39 is 49.9 Å². The monoisotopic (exact) mass is 256 g/mol. The van der Waals surface area contributed by atoms with Crippen molar-refractivity contribution in [3.8, 4) is 0 Å². The summed E-state index contributed by atoms with van der Waals surface area (Å²) in [6.07, 6.45) is -10.0. The van der Waals surface area contributed by atoms with Crippen molar-refractivity contribution in [2.75, 3.05) is 13.2 Å². The second kappa shape index (κ2) is 7.50. The summed E-state index contributed by atoms with van der Waals surface area (Å²) in [7, 11) is 0. The van der Waals surface area contributed by atoms with E-state index in [0.29, 0.717) is 0 Å². The fourth-order valence-corrected chi connectivity index (χ4v) is 0.948. The van der Waals surface area contributed by atoms with E-state index >= 15 is 0 Å². The molecule has 0 aliphatic heterocycles. The Labute approximate surface area is 96.1 Å². The first-order chi connectivity index (χ1) is 7.84. The van der Waals surface area contributed by atoms with Gasteiger partial charge in [-0.2, -0.15) is 0 Å². The minimum Gasteiger partial charge on any atom is -0.431 e. The molecule has 0 spiro atoms. The molecule has 0 radical (unpaired) electrons. The maximum absolute atomic E-state index is 10.5. The molecule has 0 saturated heterocycles. The summed E-state index contributed by atoms with van der Waals surface area (Å²) in [4.78, 5) is 10.5. The van der Waals surface area contributed by atoms with Crippen LogP contribution in [0, 0.1) is 0 Å². The first-order valence-corrected chi connectivity index (χ1v) is 4.66. The van der Waals surface area contributed by atoms with E-state index in [1.54, 1.807) is 0 Å². The summed E-state index contributed by atoms with van der Waals surface area (Å²) < 4.78 is 4.05. The Morgan fingerprint density at radius 2 is 1.47 bits per heavy atom. The van der Waals surface area contributed by atoms with Gasteiger partial charge in [0.15, 0.2) is 0 Å². The molecule has 17 heavy (non-hydrogen) atoms. The molecule has 9 nitrogen and oxygen atoms in total. The number of carbonyl (C=O) groups is 1. The van der Waals surface area contributed by atoms with Gasteiger partial charge in [-0.3, -0.25) is 0 Å². The van der Waals surface area contributed by atoms with Gasteiger partial charge in [-0.1, -0.05) is 0 Å². The number of carbonyl (C=O) groups excluding carboxylic acids is 1. The SMILES string of the molecule is O=C(CO)OC(O)[C@@H](O)[C@@H](O)[C@H](O)[C@H](O)CO. The Morgan fingerprint density at radius 3 is 1.88 bits per heavy atom. The van der Waals surface area contributed by atoms with Crippen molar-refractivity contribution in [1.82, 2.24) is 0 Å². The molecular weight excluding hydrogens is 240 g/mol. The van der Waals surface area contributed by atoms with Crippen molar-refractivity contribution in [3.05, 3.63) is 0 Å². The first-order valence-electron chi connectivity index (χ1n) is 4.66. The van der Waals surface area contributed by atoms with Crippen LogP contribution in [0.3, 0.4) is 0 Å². The van der Waals surface area contributed by atoms with Gasteiger partial charge in [0.1, 0.15) is 31.0 Å². The minimum absolute atomic E-state index is 0.878. The van der Waals surface area contributed by atoms with Gasteiger partial charge in [-0.25, -0.2) is 4.79 Å². The molecule has 0 saturated carbocycles. The summed E-state index contributed by atoms with van der Waals surface area (Å²) in [5, 5.41) is 62.5. The molecule has 0 aliphatic carbocycles. The molecule has 0 aromatic carbocycles. The van der Waals surface area contributed by atoms with E-state index in [0.717, 1.165) is 0 Å².